The van der Waals surface area contributed by atoms with Gasteiger partial charge in [-0.2, -0.15) is 0 Å². The molecule has 0 heterocycles. The Balaban J connectivity index is 0.000000454. The van der Waals surface area contributed by atoms with E-state index in [-0.39, 0.29) is 24.1 Å². The first-order valence-corrected chi connectivity index (χ1v) is 19.1. The first kappa shape index (κ1) is 41.2. The highest BCUT2D eigenvalue weighted by molar-refractivity contribution is 5.69. The Labute approximate surface area is 275 Å². The maximum Gasteiger partial charge on any atom is 0.306 e. The number of amides is 1. The van der Waals surface area contributed by atoms with Crippen LogP contribution in [0.2, 0.25) is 0 Å². The fourth-order valence-corrected chi connectivity index (χ4v) is 6.36. The molecule has 2 aliphatic rings. The molecule has 0 radical (unpaired) electrons. The van der Waals surface area contributed by atoms with Crippen LogP contribution in [-0.2, 0) is 19.1 Å². The van der Waals surface area contributed by atoms with Crippen molar-refractivity contribution < 1.29 is 34.7 Å². The van der Waals surface area contributed by atoms with Crippen LogP contribution in [0, 0.1) is 0 Å². The van der Waals surface area contributed by atoms with Gasteiger partial charge in [0.05, 0.1) is 6.54 Å². The summed E-state index contributed by atoms with van der Waals surface area (Å²) in [5.41, 5.74) is 3.83. The smallest absolute Gasteiger partial charge is 0.306 e. The molecular formula is C37H70N2O6. The van der Waals surface area contributed by atoms with Crippen molar-refractivity contribution in [1.29, 1.82) is 0 Å². The molecule has 0 aliphatic heterocycles. The number of carboxylic acid groups (broad SMARTS) is 1. The summed E-state index contributed by atoms with van der Waals surface area (Å²) in [6.07, 6.45) is 33.1. The second-order valence-corrected chi connectivity index (χ2v) is 13.4. The topological polar surface area (TPSA) is 132 Å². The zero-order chi connectivity index (χ0) is 32.6. The van der Waals surface area contributed by atoms with Gasteiger partial charge in [0.2, 0.25) is 0 Å². The zero-order valence-electron chi connectivity index (χ0n) is 28.9. The van der Waals surface area contributed by atoms with Gasteiger partial charge in [0.25, 0.3) is 0 Å². The lowest BCUT2D eigenvalue weighted by Gasteiger charge is -2.19. The number of hydrogen-bond donors (Lipinski definition) is 2. The fraction of sp³-hybridized carbons (Fsp3) is 0.919. The van der Waals surface area contributed by atoms with Crippen LogP contribution in [0.3, 0.4) is 0 Å². The molecule has 0 aromatic carbocycles. The predicted octanol–water partition coefficient (Wildman–Crippen LogP) is 7.70. The number of unbranched alkanes of at least 4 members (excludes halogenated alkanes) is 4. The number of carbonyl (C=O) groups is 3. The van der Waals surface area contributed by atoms with Gasteiger partial charge in [-0.15, -0.1) is 0 Å². The number of ether oxygens (including phenoxy) is 2. The van der Waals surface area contributed by atoms with Crippen molar-refractivity contribution in [1.82, 2.24) is 5.32 Å². The molecule has 8 nitrogen and oxygen atoms in total. The van der Waals surface area contributed by atoms with E-state index in [0.29, 0.717) is 19.4 Å². The second kappa shape index (κ2) is 30.8. The first-order chi connectivity index (χ1) is 22.0. The van der Waals surface area contributed by atoms with Crippen molar-refractivity contribution in [2.24, 2.45) is 0 Å². The molecule has 2 saturated carbocycles. The van der Waals surface area contributed by atoms with Crippen molar-refractivity contribution in [2.75, 3.05) is 13.1 Å². The van der Waals surface area contributed by atoms with Crippen molar-refractivity contribution in [3.05, 3.63) is 0 Å². The third-order valence-electron chi connectivity index (χ3n) is 9.16. The Hall–Kier alpha value is -1.83. The van der Waals surface area contributed by atoms with E-state index < -0.39 is 6.09 Å². The third-order valence-corrected chi connectivity index (χ3v) is 9.16. The van der Waals surface area contributed by atoms with Crippen LogP contribution >= 0.6 is 0 Å². The van der Waals surface area contributed by atoms with E-state index in [2.05, 4.69) is 11.1 Å². The van der Waals surface area contributed by atoms with Gasteiger partial charge in [-0.05, 0) is 83.5 Å². The van der Waals surface area contributed by atoms with Gasteiger partial charge in [0.15, 0.2) is 0 Å². The average molecular weight is 639 g/mol. The maximum absolute atomic E-state index is 12.0. The van der Waals surface area contributed by atoms with Crippen LogP contribution in [-0.4, -0.2) is 43.3 Å². The van der Waals surface area contributed by atoms with Crippen molar-refractivity contribution in [2.45, 2.75) is 205 Å². The Kier molecular flexibility index (Phi) is 28.2. The Morgan fingerprint density at radius 3 is 1.18 bits per heavy atom. The largest absolute Gasteiger partial charge is 0.530 e. The number of hydrogen-bond acceptors (Lipinski definition) is 6. The maximum atomic E-state index is 12.0. The lowest BCUT2D eigenvalue weighted by Crippen LogP contribution is -2.50. The number of rotatable bonds is 13. The summed E-state index contributed by atoms with van der Waals surface area (Å²) in [5, 5.41) is 12.4. The van der Waals surface area contributed by atoms with Crippen LogP contribution in [0.25, 0.3) is 0 Å². The molecule has 8 heteroatoms. The van der Waals surface area contributed by atoms with E-state index in [1.807, 2.05) is 0 Å². The van der Waals surface area contributed by atoms with Crippen molar-refractivity contribution in [3.8, 4) is 0 Å². The molecule has 0 aromatic heterocycles. The predicted molar refractivity (Wildman–Crippen MR) is 179 cm³/mol. The molecule has 0 bridgehead atoms. The van der Waals surface area contributed by atoms with Gasteiger partial charge < -0.3 is 30.4 Å². The van der Waals surface area contributed by atoms with Crippen molar-refractivity contribution in [3.63, 3.8) is 0 Å². The Morgan fingerprint density at radius 2 is 0.844 bits per heavy atom. The van der Waals surface area contributed by atoms with E-state index in [9.17, 15) is 19.5 Å². The van der Waals surface area contributed by atoms with Gasteiger partial charge in [0.1, 0.15) is 18.3 Å². The summed E-state index contributed by atoms with van der Waals surface area (Å²) in [5.74, 6) is -0.0730. The zero-order valence-corrected chi connectivity index (χ0v) is 28.9. The van der Waals surface area contributed by atoms with E-state index in [4.69, 9.17) is 9.47 Å². The second-order valence-electron chi connectivity index (χ2n) is 13.4. The fourth-order valence-electron chi connectivity index (χ4n) is 6.36. The van der Waals surface area contributed by atoms with Gasteiger partial charge in [-0.25, -0.2) is 0 Å². The SMILES string of the molecule is O=C([O-])NCCCCCC(=O)OC1CCCCCCCCCCC1.[NH3+]CCCCCC(=O)OC1CCCCCCCCCCC1. The van der Waals surface area contributed by atoms with E-state index in [1.54, 1.807) is 0 Å². The molecule has 45 heavy (non-hydrogen) atoms. The average Bonchev–Trinajstić information content (AvgIpc) is 3.00. The van der Waals surface area contributed by atoms with Crippen molar-refractivity contribution >= 4 is 18.0 Å². The standard InChI is InChI=1S/C19H35NO4.C18H35NO2/c21-18(15-11-8-12-16-20-19(22)23)24-17-13-9-6-4-2-1-3-5-7-10-14-17;19-16-12-8-11-15-18(20)21-17-13-9-6-4-2-1-3-5-7-10-14-17/h17,20H,1-16H2,(H,22,23);17H,1-16,19H2. The van der Waals surface area contributed by atoms with Crippen LogP contribution in [0.1, 0.15) is 193 Å². The first-order valence-electron chi connectivity index (χ1n) is 19.1. The highest BCUT2D eigenvalue weighted by Crippen LogP contribution is 2.21. The molecule has 0 aromatic rings. The highest BCUT2D eigenvalue weighted by atomic mass is 16.5. The number of carbonyl (C=O) groups excluding carboxylic acids is 3. The van der Waals surface area contributed by atoms with E-state index in [0.717, 1.165) is 83.6 Å². The molecular weight excluding hydrogens is 568 g/mol. The summed E-state index contributed by atoms with van der Waals surface area (Å²) in [4.78, 5) is 34.1. The summed E-state index contributed by atoms with van der Waals surface area (Å²) in [7, 11) is 0. The molecule has 2 fully saturated rings. The monoisotopic (exact) mass is 639 g/mol. The highest BCUT2D eigenvalue weighted by Gasteiger charge is 2.16. The van der Waals surface area contributed by atoms with Crippen LogP contribution in [0.4, 0.5) is 4.79 Å². The summed E-state index contributed by atoms with van der Waals surface area (Å²) >= 11 is 0. The lowest BCUT2D eigenvalue weighted by atomic mass is 9.99. The number of quaternary nitrogens is 1. The Bertz CT molecular complexity index is 695. The van der Waals surface area contributed by atoms with E-state index >= 15 is 0 Å². The summed E-state index contributed by atoms with van der Waals surface area (Å²) in [6, 6.07) is 0. The van der Waals surface area contributed by atoms with Gasteiger partial charge in [-0.3, -0.25) is 9.59 Å². The van der Waals surface area contributed by atoms with Crippen LogP contribution in [0.15, 0.2) is 0 Å². The Morgan fingerprint density at radius 1 is 0.511 bits per heavy atom. The minimum Gasteiger partial charge on any atom is -0.530 e. The molecule has 0 atom stereocenters. The normalized spacial score (nSPS) is 18.8. The number of esters is 2. The molecule has 0 unspecified atom stereocenters. The molecule has 264 valence electrons. The summed E-state index contributed by atoms with van der Waals surface area (Å²) < 4.78 is 11.4. The molecule has 2 rings (SSSR count). The molecule has 0 saturated heterocycles. The minimum atomic E-state index is -1.24. The third kappa shape index (κ3) is 28.1. The van der Waals surface area contributed by atoms with Crippen LogP contribution < -0.4 is 16.2 Å². The van der Waals surface area contributed by atoms with E-state index in [1.165, 1.54) is 103 Å². The lowest BCUT2D eigenvalue weighted by molar-refractivity contribution is -0.368. The summed E-state index contributed by atoms with van der Waals surface area (Å²) in [6.45, 7) is 1.36. The van der Waals surface area contributed by atoms with Gasteiger partial charge in [-0.1, -0.05) is 96.3 Å². The van der Waals surface area contributed by atoms with Crippen LogP contribution in [0.5, 0.6) is 0 Å². The molecule has 1 amide bonds. The minimum absolute atomic E-state index is 0.0242. The van der Waals surface area contributed by atoms with Gasteiger partial charge >= 0.3 is 11.9 Å². The molecule has 0 spiro atoms. The molecule has 4 N–H and O–H groups in total. The molecule has 2 aliphatic carbocycles. The quantitative estimate of drug-likeness (QED) is 0.157. The van der Waals surface area contributed by atoms with Gasteiger partial charge in [0, 0.05) is 19.4 Å². The number of nitrogens with one attached hydrogen (secondary N) is 1.